The highest BCUT2D eigenvalue weighted by atomic mass is 32.2. The number of rotatable bonds is 3. The molecule has 0 saturated heterocycles. The minimum absolute atomic E-state index is 0.0479. The molecule has 0 unspecified atom stereocenters. The van der Waals surface area contributed by atoms with E-state index in [-0.39, 0.29) is 16.5 Å². The molecule has 1 heterocycles. The van der Waals surface area contributed by atoms with Gasteiger partial charge in [-0.15, -0.1) is 0 Å². The Kier molecular flexibility index (Phi) is 3.57. The molecular weight excluding hydrogens is 260 g/mol. The zero-order chi connectivity index (χ0) is 14.0. The van der Waals surface area contributed by atoms with Crippen molar-refractivity contribution in [3.63, 3.8) is 0 Å². The molecule has 1 aromatic carbocycles. The summed E-state index contributed by atoms with van der Waals surface area (Å²) in [6.45, 7) is 3.95. The van der Waals surface area contributed by atoms with Crippen LogP contribution in [-0.4, -0.2) is 13.4 Å². The Bertz CT molecular complexity index is 709. The summed E-state index contributed by atoms with van der Waals surface area (Å²) in [4.78, 5) is 3.87. The van der Waals surface area contributed by atoms with Gasteiger partial charge in [-0.1, -0.05) is 18.2 Å². The number of aromatic nitrogens is 1. The average Bonchev–Trinajstić information content (AvgIpc) is 2.34. The summed E-state index contributed by atoms with van der Waals surface area (Å²) < 4.78 is 24.6. The number of pyridine rings is 1. The SMILES string of the molecule is Cc1ccc(CS(=O)(=O)c2ncccc2N)cc1C. The van der Waals surface area contributed by atoms with E-state index in [9.17, 15) is 8.42 Å². The van der Waals surface area contributed by atoms with Crippen molar-refractivity contribution in [3.05, 3.63) is 53.2 Å². The largest absolute Gasteiger partial charge is 0.396 e. The van der Waals surface area contributed by atoms with Gasteiger partial charge in [0.15, 0.2) is 5.03 Å². The van der Waals surface area contributed by atoms with Crippen molar-refractivity contribution < 1.29 is 8.42 Å². The summed E-state index contributed by atoms with van der Waals surface area (Å²) in [5.74, 6) is -0.0880. The van der Waals surface area contributed by atoms with Gasteiger partial charge in [0.1, 0.15) is 0 Å². The molecule has 0 aliphatic carbocycles. The topological polar surface area (TPSA) is 73.0 Å². The summed E-state index contributed by atoms with van der Waals surface area (Å²) in [5.41, 5.74) is 8.81. The Morgan fingerprint density at radius 3 is 2.53 bits per heavy atom. The van der Waals surface area contributed by atoms with E-state index in [1.165, 1.54) is 6.20 Å². The first-order valence-electron chi connectivity index (χ1n) is 5.89. The van der Waals surface area contributed by atoms with Gasteiger partial charge in [-0.3, -0.25) is 0 Å². The van der Waals surface area contributed by atoms with E-state index < -0.39 is 9.84 Å². The fraction of sp³-hybridized carbons (Fsp3) is 0.214. The first-order valence-corrected chi connectivity index (χ1v) is 7.55. The number of aryl methyl sites for hydroxylation is 2. The molecule has 2 rings (SSSR count). The molecule has 1 aromatic heterocycles. The van der Waals surface area contributed by atoms with Gasteiger partial charge in [0.2, 0.25) is 9.84 Å². The Morgan fingerprint density at radius 2 is 1.89 bits per heavy atom. The highest BCUT2D eigenvalue weighted by molar-refractivity contribution is 7.90. The maximum Gasteiger partial charge on any atom is 0.201 e. The summed E-state index contributed by atoms with van der Waals surface area (Å²) in [6, 6.07) is 8.78. The number of sulfone groups is 1. The van der Waals surface area contributed by atoms with Crippen LogP contribution in [0, 0.1) is 13.8 Å². The molecule has 0 fully saturated rings. The fourth-order valence-corrected chi connectivity index (χ4v) is 3.25. The minimum atomic E-state index is -3.51. The molecule has 0 amide bonds. The van der Waals surface area contributed by atoms with Gasteiger partial charge < -0.3 is 5.73 Å². The molecule has 0 aliphatic rings. The number of nitrogen functional groups attached to an aromatic ring is 1. The molecule has 0 radical (unpaired) electrons. The summed E-state index contributed by atoms with van der Waals surface area (Å²) >= 11 is 0. The Morgan fingerprint density at radius 1 is 1.16 bits per heavy atom. The zero-order valence-corrected chi connectivity index (χ0v) is 11.7. The van der Waals surface area contributed by atoms with Gasteiger partial charge in [0.05, 0.1) is 11.4 Å². The van der Waals surface area contributed by atoms with Crippen molar-refractivity contribution in [1.29, 1.82) is 0 Å². The lowest BCUT2D eigenvalue weighted by Crippen LogP contribution is -2.10. The second-order valence-corrected chi connectivity index (χ2v) is 6.48. The third-order valence-electron chi connectivity index (χ3n) is 3.02. The normalized spacial score (nSPS) is 11.5. The van der Waals surface area contributed by atoms with E-state index in [0.717, 1.165) is 16.7 Å². The molecule has 0 spiro atoms. The van der Waals surface area contributed by atoms with Crippen LogP contribution < -0.4 is 5.73 Å². The van der Waals surface area contributed by atoms with Crippen molar-refractivity contribution in [1.82, 2.24) is 4.98 Å². The van der Waals surface area contributed by atoms with Crippen molar-refractivity contribution in [2.45, 2.75) is 24.6 Å². The number of anilines is 1. The predicted molar refractivity (Wildman–Crippen MR) is 75.5 cm³/mol. The third kappa shape index (κ3) is 2.93. The number of hydrogen-bond donors (Lipinski definition) is 1. The van der Waals surface area contributed by atoms with Gasteiger partial charge in [-0.2, -0.15) is 0 Å². The second-order valence-electron chi connectivity index (χ2n) is 4.58. The first kappa shape index (κ1) is 13.5. The molecular formula is C14H16N2O2S. The Hall–Kier alpha value is -1.88. The molecule has 0 aliphatic heterocycles. The van der Waals surface area contributed by atoms with Gasteiger partial charge in [-0.05, 0) is 42.7 Å². The molecule has 0 saturated carbocycles. The molecule has 100 valence electrons. The highest BCUT2D eigenvalue weighted by Crippen LogP contribution is 2.20. The van der Waals surface area contributed by atoms with Crippen LogP contribution in [0.2, 0.25) is 0 Å². The number of benzene rings is 1. The second kappa shape index (κ2) is 5.01. The molecule has 2 aromatic rings. The monoisotopic (exact) mass is 276 g/mol. The van der Waals surface area contributed by atoms with Crippen LogP contribution in [0.1, 0.15) is 16.7 Å². The maximum atomic E-state index is 12.3. The van der Waals surface area contributed by atoms with E-state index in [1.807, 2.05) is 32.0 Å². The smallest absolute Gasteiger partial charge is 0.201 e. The molecule has 0 bridgehead atoms. The van der Waals surface area contributed by atoms with E-state index in [0.29, 0.717) is 0 Å². The number of hydrogen-bond acceptors (Lipinski definition) is 4. The van der Waals surface area contributed by atoms with Crippen molar-refractivity contribution >= 4 is 15.5 Å². The minimum Gasteiger partial charge on any atom is -0.396 e. The zero-order valence-electron chi connectivity index (χ0n) is 10.9. The number of nitrogens with zero attached hydrogens (tertiary/aromatic N) is 1. The quantitative estimate of drug-likeness (QED) is 0.933. The van der Waals surface area contributed by atoms with E-state index in [4.69, 9.17) is 5.73 Å². The molecule has 2 N–H and O–H groups in total. The van der Waals surface area contributed by atoms with E-state index >= 15 is 0 Å². The van der Waals surface area contributed by atoms with Crippen LogP contribution in [0.4, 0.5) is 5.69 Å². The fourth-order valence-electron chi connectivity index (χ4n) is 1.84. The van der Waals surface area contributed by atoms with Crippen LogP contribution in [0.25, 0.3) is 0 Å². The maximum absolute atomic E-state index is 12.3. The average molecular weight is 276 g/mol. The van der Waals surface area contributed by atoms with Crippen LogP contribution in [0.5, 0.6) is 0 Å². The van der Waals surface area contributed by atoms with Crippen LogP contribution >= 0.6 is 0 Å². The van der Waals surface area contributed by atoms with Gasteiger partial charge in [0.25, 0.3) is 0 Å². The van der Waals surface area contributed by atoms with E-state index in [1.54, 1.807) is 12.1 Å². The standard InChI is InChI=1S/C14H16N2O2S/c1-10-5-6-12(8-11(10)2)9-19(17,18)14-13(15)4-3-7-16-14/h3-8H,9,15H2,1-2H3. The molecule has 5 heteroatoms. The highest BCUT2D eigenvalue weighted by Gasteiger charge is 2.19. The molecule has 0 atom stereocenters. The predicted octanol–water partition coefficient (Wildman–Crippen LogP) is 2.25. The lowest BCUT2D eigenvalue weighted by atomic mass is 10.1. The van der Waals surface area contributed by atoms with Crippen molar-refractivity contribution in [2.24, 2.45) is 0 Å². The summed E-state index contributed by atoms with van der Waals surface area (Å²) in [6.07, 6.45) is 1.43. The molecule has 19 heavy (non-hydrogen) atoms. The third-order valence-corrected chi connectivity index (χ3v) is 4.67. The summed E-state index contributed by atoms with van der Waals surface area (Å²) in [5, 5.41) is -0.0479. The van der Waals surface area contributed by atoms with Crippen LogP contribution in [0.3, 0.4) is 0 Å². The first-order chi connectivity index (χ1) is 8.90. The lowest BCUT2D eigenvalue weighted by molar-refractivity contribution is 0.592. The Balaban J connectivity index is 2.37. The van der Waals surface area contributed by atoms with Crippen molar-refractivity contribution in [2.75, 3.05) is 5.73 Å². The van der Waals surface area contributed by atoms with Gasteiger partial charge in [-0.25, -0.2) is 13.4 Å². The van der Waals surface area contributed by atoms with Gasteiger partial charge in [0, 0.05) is 6.20 Å². The Labute approximate surface area is 113 Å². The van der Waals surface area contributed by atoms with Crippen molar-refractivity contribution in [3.8, 4) is 0 Å². The van der Waals surface area contributed by atoms with Gasteiger partial charge >= 0.3 is 0 Å². The van der Waals surface area contributed by atoms with E-state index in [2.05, 4.69) is 4.98 Å². The van der Waals surface area contributed by atoms with Crippen LogP contribution in [0.15, 0.2) is 41.6 Å². The summed E-state index contributed by atoms with van der Waals surface area (Å²) in [7, 11) is -3.51. The van der Waals surface area contributed by atoms with Crippen LogP contribution in [-0.2, 0) is 15.6 Å². The number of nitrogens with two attached hydrogens (primary N) is 1. The lowest BCUT2D eigenvalue weighted by Gasteiger charge is -2.08. The molecule has 4 nitrogen and oxygen atoms in total.